The van der Waals surface area contributed by atoms with Crippen LogP contribution < -0.4 is 0 Å². The molecule has 0 amide bonds. The van der Waals surface area contributed by atoms with Gasteiger partial charge in [-0.2, -0.15) is 0 Å². The maximum Gasteiger partial charge on any atom is 0.336 e. The molecule has 0 radical (unpaired) electrons. The first-order chi connectivity index (χ1) is 13.9. The average molecular weight is 444 g/mol. The second kappa shape index (κ2) is 7.95. The van der Waals surface area contributed by atoms with E-state index in [0.717, 1.165) is 5.56 Å². The van der Waals surface area contributed by atoms with Crippen LogP contribution in [0.1, 0.15) is 10.4 Å². The lowest BCUT2D eigenvalue weighted by atomic mass is 9.97. The Morgan fingerprint density at radius 1 is 0.931 bits per heavy atom. The lowest BCUT2D eigenvalue weighted by Crippen LogP contribution is -2.01. The van der Waals surface area contributed by atoms with Crippen LogP contribution in [0.15, 0.2) is 66.0 Å². The third-order valence-electron chi connectivity index (χ3n) is 4.38. The molecule has 0 aliphatic rings. The summed E-state index contributed by atoms with van der Waals surface area (Å²) in [5.74, 6) is -1.61. The summed E-state index contributed by atoms with van der Waals surface area (Å²) < 4.78 is 14.2. The summed E-state index contributed by atoms with van der Waals surface area (Å²) in [6, 6.07) is 16.2. The number of halogens is 3. The first-order valence-electron chi connectivity index (χ1n) is 8.47. The zero-order valence-electron chi connectivity index (χ0n) is 14.7. The quantitative estimate of drug-likeness (QED) is 0.360. The number of carbonyl (C=O) groups is 1. The fourth-order valence-electron chi connectivity index (χ4n) is 2.96. The van der Waals surface area contributed by atoms with Crippen molar-refractivity contribution < 1.29 is 14.3 Å². The Morgan fingerprint density at radius 2 is 1.69 bits per heavy atom. The standard InChI is InChI=1S/C22H12Cl2FNO2S/c23-17-8-6-12(10-18(17)24)20-11-29-21(26-20)13-5-7-14(16(9-13)22(27)28)15-3-1-2-4-19(15)25/h1-11H,(H,27,28). The van der Waals surface area contributed by atoms with Crippen LogP contribution in [-0.4, -0.2) is 16.1 Å². The molecule has 0 bridgehead atoms. The summed E-state index contributed by atoms with van der Waals surface area (Å²) in [6.45, 7) is 0. The highest BCUT2D eigenvalue weighted by atomic mass is 35.5. The Labute approximate surface area is 180 Å². The van der Waals surface area contributed by atoms with Crippen LogP contribution >= 0.6 is 34.5 Å². The molecule has 4 rings (SSSR count). The third-order valence-corrected chi connectivity index (χ3v) is 6.01. The van der Waals surface area contributed by atoms with Gasteiger partial charge in [0, 0.05) is 22.1 Å². The molecule has 1 N–H and O–H groups in total. The van der Waals surface area contributed by atoms with E-state index >= 15 is 0 Å². The van der Waals surface area contributed by atoms with Gasteiger partial charge in [-0.15, -0.1) is 11.3 Å². The number of hydrogen-bond acceptors (Lipinski definition) is 3. The van der Waals surface area contributed by atoms with Gasteiger partial charge in [-0.3, -0.25) is 0 Å². The van der Waals surface area contributed by atoms with Gasteiger partial charge in [0.2, 0.25) is 0 Å². The van der Waals surface area contributed by atoms with Crippen LogP contribution in [-0.2, 0) is 0 Å². The number of rotatable bonds is 4. The molecule has 4 aromatic rings. The number of carboxylic acids is 1. The highest BCUT2D eigenvalue weighted by Gasteiger charge is 2.17. The van der Waals surface area contributed by atoms with Crippen molar-refractivity contribution >= 4 is 40.5 Å². The summed E-state index contributed by atoms with van der Waals surface area (Å²) in [5, 5.41) is 13.1. The van der Waals surface area contributed by atoms with Gasteiger partial charge >= 0.3 is 5.97 Å². The highest BCUT2D eigenvalue weighted by Crippen LogP contribution is 2.35. The normalized spacial score (nSPS) is 10.9. The number of benzene rings is 3. The van der Waals surface area contributed by atoms with E-state index in [9.17, 15) is 14.3 Å². The molecule has 0 aliphatic heterocycles. The first kappa shape index (κ1) is 19.6. The molecule has 7 heteroatoms. The van der Waals surface area contributed by atoms with Gasteiger partial charge in [0.1, 0.15) is 10.8 Å². The Bertz CT molecular complexity index is 1240. The van der Waals surface area contributed by atoms with Crippen LogP contribution in [0.2, 0.25) is 10.0 Å². The van der Waals surface area contributed by atoms with Gasteiger partial charge in [0.15, 0.2) is 0 Å². The summed E-state index contributed by atoms with van der Waals surface area (Å²) in [4.78, 5) is 16.4. The monoisotopic (exact) mass is 443 g/mol. The Kier molecular flexibility index (Phi) is 5.37. The second-order valence-electron chi connectivity index (χ2n) is 6.21. The van der Waals surface area contributed by atoms with Crippen LogP contribution in [0.4, 0.5) is 4.39 Å². The minimum Gasteiger partial charge on any atom is -0.478 e. The van der Waals surface area contributed by atoms with Crippen molar-refractivity contribution in [2.75, 3.05) is 0 Å². The predicted octanol–water partition coefficient (Wildman–Crippen LogP) is 7.29. The zero-order valence-corrected chi connectivity index (χ0v) is 17.0. The Balaban J connectivity index is 1.76. The van der Waals surface area contributed by atoms with E-state index in [1.54, 1.807) is 42.5 Å². The van der Waals surface area contributed by atoms with E-state index in [4.69, 9.17) is 23.2 Å². The van der Waals surface area contributed by atoms with Crippen LogP contribution in [0.3, 0.4) is 0 Å². The molecule has 3 aromatic carbocycles. The van der Waals surface area contributed by atoms with Crippen LogP contribution in [0.5, 0.6) is 0 Å². The van der Waals surface area contributed by atoms with Crippen molar-refractivity contribution in [1.29, 1.82) is 0 Å². The minimum atomic E-state index is -1.13. The van der Waals surface area contributed by atoms with Crippen molar-refractivity contribution in [3.05, 3.63) is 87.5 Å². The molecule has 0 aliphatic carbocycles. The molecule has 0 spiro atoms. The molecule has 0 atom stereocenters. The number of carboxylic acid groups (broad SMARTS) is 1. The van der Waals surface area contributed by atoms with E-state index in [1.165, 1.54) is 23.5 Å². The lowest BCUT2D eigenvalue weighted by molar-refractivity contribution is 0.0698. The van der Waals surface area contributed by atoms with Crippen molar-refractivity contribution in [2.45, 2.75) is 0 Å². The van der Waals surface area contributed by atoms with E-state index in [0.29, 0.717) is 31.9 Å². The highest BCUT2D eigenvalue weighted by molar-refractivity contribution is 7.13. The maximum absolute atomic E-state index is 14.2. The Hall–Kier alpha value is -2.73. The molecule has 0 saturated heterocycles. The molecule has 144 valence electrons. The summed E-state index contributed by atoms with van der Waals surface area (Å²) in [7, 11) is 0. The van der Waals surface area contributed by atoms with Gasteiger partial charge in [0.25, 0.3) is 0 Å². The third kappa shape index (κ3) is 3.90. The molecular formula is C22H12Cl2FNO2S. The molecule has 0 fully saturated rings. The smallest absolute Gasteiger partial charge is 0.336 e. The number of aromatic carboxylic acids is 1. The molecule has 29 heavy (non-hydrogen) atoms. The lowest BCUT2D eigenvalue weighted by Gasteiger charge is -2.09. The second-order valence-corrected chi connectivity index (χ2v) is 7.88. The minimum absolute atomic E-state index is 0.0129. The van der Waals surface area contributed by atoms with Gasteiger partial charge in [0.05, 0.1) is 21.3 Å². The Morgan fingerprint density at radius 3 is 2.41 bits per heavy atom. The SMILES string of the molecule is O=C(O)c1cc(-c2nc(-c3ccc(Cl)c(Cl)c3)cs2)ccc1-c1ccccc1F. The fraction of sp³-hybridized carbons (Fsp3) is 0. The van der Waals surface area contributed by atoms with E-state index in [1.807, 2.05) is 11.4 Å². The average Bonchev–Trinajstić information content (AvgIpc) is 3.20. The molecule has 0 saturated carbocycles. The van der Waals surface area contributed by atoms with Crippen LogP contribution in [0, 0.1) is 5.82 Å². The molecule has 3 nitrogen and oxygen atoms in total. The van der Waals surface area contributed by atoms with Crippen molar-refractivity contribution in [3.8, 4) is 33.0 Å². The molecule has 1 aromatic heterocycles. The maximum atomic E-state index is 14.2. The van der Waals surface area contributed by atoms with E-state index in [-0.39, 0.29) is 11.1 Å². The van der Waals surface area contributed by atoms with Gasteiger partial charge in [-0.25, -0.2) is 14.2 Å². The van der Waals surface area contributed by atoms with E-state index in [2.05, 4.69) is 4.98 Å². The number of nitrogens with zero attached hydrogens (tertiary/aromatic N) is 1. The topological polar surface area (TPSA) is 50.2 Å². The largest absolute Gasteiger partial charge is 0.478 e. The zero-order chi connectivity index (χ0) is 20.5. The van der Waals surface area contributed by atoms with Gasteiger partial charge in [-0.05, 0) is 29.8 Å². The molecular weight excluding hydrogens is 432 g/mol. The van der Waals surface area contributed by atoms with Gasteiger partial charge in [-0.1, -0.05) is 59.6 Å². The summed E-state index contributed by atoms with van der Waals surface area (Å²) in [5.41, 5.74) is 2.73. The van der Waals surface area contributed by atoms with Gasteiger partial charge < -0.3 is 5.11 Å². The summed E-state index contributed by atoms with van der Waals surface area (Å²) in [6.07, 6.45) is 0. The number of hydrogen-bond donors (Lipinski definition) is 1. The predicted molar refractivity (Wildman–Crippen MR) is 115 cm³/mol. The van der Waals surface area contributed by atoms with E-state index < -0.39 is 11.8 Å². The number of aromatic nitrogens is 1. The number of thiazole rings is 1. The molecule has 0 unspecified atom stereocenters. The van der Waals surface area contributed by atoms with Crippen molar-refractivity contribution in [1.82, 2.24) is 4.98 Å². The molecule has 1 heterocycles. The summed E-state index contributed by atoms with van der Waals surface area (Å²) >= 11 is 13.4. The van der Waals surface area contributed by atoms with Crippen LogP contribution in [0.25, 0.3) is 33.0 Å². The van der Waals surface area contributed by atoms with Crippen molar-refractivity contribution in [3.63, 3.8) is 0 Å². The first-order valence-corrected chi connectivity index (χ1v) is 10.1. The van der Waals surface area contributed by atoms with Crippen molar-refractivity contribution in [2.24, 2.45) is 0 Å². The fourth-order valence-corrected chi connectivity index (χ4v) is 4.09.